The van der Waals surface area contributed by atoms with Gasteiger partial charge in [-0.25, -0.2) is 0 Å². The van der Waals surface area contributed by atoms with Crippen LogP contribution in [0.25, 0.3) is 0 Å². The van der Waals surface area contributed by atoms with Crippen LogP contribution < -0.4 is 5.32 Å². The lowest BCUT2D eigenvalue weighted by Crippen LogP contribution is -2.26. The lowest BCUT2D eigenvalue weighted by Gasteiger charge is -2.05. The fraction of sp³-hybridized carbons (Fsp3) is 0.615. The van der Waals surface area contributed by atoms with Crippen molar-refractivity contribution in [3.05, 3.63) is 17.5 Å². The van der Waals surface area contributed by atoms with Gasteiger partial charge in [0.1, 0.15) is 5.69 Å². The lowest BCUT2D eigenvalue weighted by atomic mass is 10.1. The Labute approximate surface area is 112 Å². The van der Waals surface area contributed by atoms with Crippen molar-refractivity contribution in [2.24, 2.45) is 7.05 Å². The van der Waals surface area contributed by atoms with Gasteiger partial charge in [-0.2, -0.15) is 5.10 Å². The Morgan fingerprint density at radius 1 is 1.32 bits per heavy atom. The van der Waals surface area contributed by atoms with Crippen LogP contribution >= 0.6 is 0 Å². The molecule has 0 saturated heterocycles. The normalized spacial score (nSPS) is 10.4. The highest BCUT2D eigenvalue weighted by molar-refractivity contribution is 5.92. The zero-order chi connectivity index (χ0) is 14.3. The molecule has 106 valence electrons. The number of hydrogen-bond donors (Lipinski definition) is 2. The van der Waals surface area contributed by atoms with Gasteiger partial charge in [-0.3, -0.25) is 14.3 Å². The summed E-state index contributed by atoms with van der Waals surface area (Å²) in [5.74, 6) is -0.867. The molecule has 6 nitrogen and oxygen atoms in total. The van der Waals surface area contributed by atoms with E-state index in [0.29, 0.717) is 18.7 Å². The first-order chi connectivity index (χ1) is 9.00. The first kappa shape index (κ1) is 15.2. The van der Waals surface area contributed by atoms with E-state index in [4.69, 9.17) is 5.11 Å². The molecule has 0 unspecified atom stereocenters. The lowest BCUT2D eigenvalue weighted by molar-refractivity contribution is -0.137. The standard InChI is InChI=1S/C13H21N3O3/c1-10-9-11(16(2)15-10)13(19)14-8-6-4-3-5-7-12(17)18/h9H,3-8H2,1-2H3,(H,14,19)(H,17,18). The van der Waals surface area contributed by atoms with Gasteiger partial charge in [0.25, 0.3) is 5.91 Å². The predicted octanol–water partition coefficient (Wildman–Crippen LogP) is 1.49. The highest BCUT2D eigenvalue weighted by atomic mass is 16.4. The molecule has 1 amide bonds. The molecule has 0 aromatic carbocycles. The average molecular weight is 267 g/mol. The van der Waals surface area contributed by atoms with E-state index < -0.39 is 5.97 Å². The molecule has 19 heavy (non-hydrogen) atoms. The summed E-state index contributed by atoms with van der Waals surface area (Å²) in [6.45, 7) is 2.45. The third kappa shape index (κ3) is 5.54. The van der Waals surface area contributed by atoms with Crippen LogP contribution in [-0.4, -0.2) is 33.3 Å². The van der Waals surface area contributed by atoms with Crippen LogP contribution in [0.5, 0.6) is 0 Å². The minimum atomic E-state index is -0.750. The van der Waals surface area contributed by atoms with Crippen LogP contribution in [0.15, 0.2) is 6.07 Å². The van der Waals surface area contributed by atoms with Gasteiger partial charge < -0.3 is 10.4 Å². The Morgan fingerprint density at radius 2 is 2.00 bits per heavy atom. The molecule has 0 saturated carbocycles. The number of rotatable bonds is 8. The summed E-state index contributed by atoms with van der Waals surface area (Å²) in [6, 6.07) is 1.75. The van der Waals surface area contributed by atoms with Crippen molar-refractivity contribution in [1.82, 2.24) is 15.1 Å². The zero-order valence-electron chi connectivity index (χ0n) is 11.5. The van der Waals surface area contributed by atoms with Gasteiger partial charge in [0.2, 0.25) is 0 Å². The van der Waals surface area contributed by atoms with Crippen molar-refractivity contribution in [1.29, 1.82) is 0 Å². The van der Waals surface area contributed by atoms with Gasteiger partial charge in [0, 0.05) is 20.0 Å². The van der Waals surface area contributed by atoms with Crippen LogP contribution in [0.3, 0.4) is 0 Å². The molecule has 0 spiro atoms. The maximum absolute atomic E-state index is 11.8. The van der Waals surface area contributed by atoms with E-state index in [1.165, 1.54) is 0 Å². The second-order valence-electron chi connectivity index (χ2n) is 4.61. The molecule has 0 radical (unpaired) electrons. The maximum Gasteiger partial charge on any atom is 0.303 e. The number of nitrogens with one attached hydrogen (secondary N) is 1. The Bertz CT molecular complexity index is 440. The number of carboxylic acids is 1. The third-order valence-corrected chi connectivity index (χ3v) is 2.84. The number of carboxylic acid groups (broad SMARTS) is 1. The Balaban J connectivity index is 2.14. The van der Waals surface area contributed by atoms with Gasteiger partial charge in [0.15, 0.2) is 0 Å². The molecule has 0 atom stereocenters. The number of carbonyl (C=O) groups is 2. The number of aliphatic carboxylic acids is 1. The van der Waals surface area contributed by atoms with Crippen LogP contribution in [0.1, 0.15) is 48.3 Å². The number of hydrogen-bond acceptors (Lipinski definition) is 3. The summed E-state index contributed by atoms with van der Waals surface area (Å²) in [6.07, 6.45) is 3.60. The van der Waals surface area contributed by atoms with Crippen LogP contribution in [0.2, 0.25) is 0 Å². The van der Waals surface area contributed by atoms with Crippen molar-refractivity contribution < 1.29 is 14.7 Å². The second kappa shape index (κ2) is 7.56. The van der Waals surface area contributed by atoms with Crippen LogP contribution in [-0.2, 0) is 11.8 Å². The maximum atomic E-state index is 11.8. The Kier molecular flexibility index (Phi) is 6.05. The number of aryl methyl sites for hydroxylation is 2. The fourth-order valence-electron chi connectivity index (χ4n) is 1.87. The van der Waals surface area contributed by atoms with E-state index in [1.54, 1.807) is 17.8 Å². The summed E-state index contributed by atoms with van der Waals surface area (Å²) >= 11 is 0. The largest absolute Gasteiger partial charge is 0.481 e. The third-order valence-electron chi connectivity index (χ3n) is 2.84. The van der Waals surface area contributed by atoms with E-state index in [1.807, 2.05) is 6.92 Å². The molecular formula is C13H21N3O3. The van der Waals surface area contributed by atoms with Crippen molar-refractivity contribution >= 4 is 11.9 Å². The molecule has 6 heteroatoms. The summed E-state index contributed by atoms with van der Waals surface area (Å²) in [5, 5.41) is 15.4. The molecule has 0 aliphatic rings. The summed E-state index contributed by atoms with van der Waals surface area (Å²) in [7, 11) is 1.74. The van der Waals surface area contributed by atoms with E-state index in [2.05, 4.69) is 10.4 Å². The molecule has 1 aromatic heterocycles. The SMILES string of the molecule is Cc1cc(C(=O)NCCCCCCC(=O)O)n(C)n1. The number of amides is 1. The molecule has 0 aliphatic carbocycles. The topological polar surface area (TPSA) is 84.2 Å². The Morgan fingerprint density at radius 3 is 2.58 bits per heavy atom. The quantitative estimate of drug-likeness (QED) is 0.699. The molecule has 0 fully saturated rings. The zero-order valence-corrected chi connectivity index (χ0v) is 11.5. The minimum absolute atomic E-state index is 0.117. The van der Waals surface area contributed by atoms with Gasteiger partial charge in [0.05, 0.1) is 5.69 Å². The molecule has 0 bridgehead atoms. The van der Waals surface area contributed by atoms with Gasteiger partial charge in [-0.1, -0.05) is 12.8 Å². The predicted molar refractivity (Wildman–Crippen MR) is 71.0 cm³/mol. The summed E-state index contributed by atoms with van der Waals surface area (Å²) in [5.41, 5.74) is 1.38. The van der Waals surface area contributed by atoms with Gasteiger partial charge in [-0.05, 0) is 25.8 Å². The Hall–Kier alpha value is -1.85. The number of unbranched alkanes of at least 4 members (excludes halogenated alkanes) is 3. The summed E-state index contributed by atoms with van der Waals surface area (Å²) in [4.78, 5) is 22.1. The van der Waals surface area contributed by atoms with Crippen LogP contribution in [0, 0.1) is 6.92 Å². The van der Waals surface area contributed by atoms with Crippen molar-refractivity contribution in [2.75, 3.05) is 6.54 Å². The van der Waals surface area contributed by atoms with Crippen molar-refractivity contribution in [2.45, 2.75) is 39.0 Å². The molecule has 0 aliphatic heterocycles. The van der Waals surface area contributed by atoms with Gasteiger partial charge >= 0.3 is 5.97 Å². The van der Waals surface area contributed by atoms with Crippen molar-refractivity contribution in [3.63, 3.8) is 0 Å². The molecule has 2 N–H and O–H groups in total. The molecule has 1 aromatic rings. The second-order valence-corrected chi connectivity index (χ2v) is 4.61. The van der Waals surface area contributed by atoms with Gasteiger partial charge in [-0.15, -0.1) is 0 Å². The van der Waals surface area contributed by atoms with Crippen LogP contribution in [0.4, 0.5) is 0 Å². The van der Waals surface area contributed by atoms with E-state index >= 15 is 0 Å². The number of aromatic nitrogens is 2. The van der Waals surface area contributed by atoms with E-state index in [9.17, 15) is 9.59 Å². The highest BCUT2D eigenvalue weighted by Gasteiger charge is 2.10. The average Bonchev–Trinajstić information content (AvgIpc) is 2.66. The van der Waals surface area contributed by atoms with E-state index in [0.717, 1.165) is 25.0 Å². The highest BCUT2D eigenvalue weighted by Crippen LogP contribution is 2.04. The number of carbonyl (C=O) groups excluding carboxylic acids is 1. The minimum Gasteiger partial charge on any atom is -0.481 e. The summed E-state index contributed by atoms with van der Waals surface area (Å²) < 4.78 is 1.57. The molecular weight excluding hydrogens is 246 g/mol. The fourth-order valence-corrected chi connectivity index (χ4v) is 1.87. The molecule has 1 rings (SSSR count). The van der Waals surface area contributed by atoms with E-state index in [-0.39, 0.29) is 12.3 Å². The number of nitrogens with zero attached hydrogens (tertiary/aromatic N) is 2. The molecule has 1 heterocycles. The first-order valence-corrected chi connectivity index (χ1v) is 6.51. The van der Waals surface area contributed by atoms with Crippen molar-refractivity contribution in [3.8, 4) is 0 Å². The smallest absolute Gasteiger partial charge is 0.303 e. The monoisotopic (exact) mass is 267 g/mol. The first-order valence-electron chi connectivity index (χ1n) is 6.51.